The van der Waals surface area contributed by atoms with Crippen molar-refractivity contribution in [1.29, 1.82) is 0 Å². The van der Waals surface area contributed by atoms with E-state index >= 15 is 0 Å². The average molecular weight is 480 g/mol. The van der Waals surface area contributed by atoms with E-state index in [1.165, 1.54) is 51.5 Å². The molecule has 2 heterocycles. The van der Waals surface area contributed by atoms with Gasteiger partial charge in [-0.3, -0.25) is 0 Å². The Morgan fingerprint density at radius 3 is 2.43 bits per heavy atom. The molecule has 6 aromatic rings. The second-order valence-corrected chi connectivity index (χ2v) is 10.3. The Labute approximate surface area is 183 Å². The van der Waals surface area contributed by atoms with Gasteiger partial charge in [0.25, 0.3) is 0 Å². The Bertz CT molecular complexity index is 1540. The van der Waals surface area contributed by atoms with Gasteiger partial charge in [-0.15, -0.1) is 22.7 Å². The van der Waals surface area contributed by atoms with Crippen LogP contribution in [-0.4, -0.2) is 0 Å². The number of hydrogen-bond donors (Lipinski definition) is 0. The number of hydrogen-bond acceptors (Lipinski definition) is 2. The van der Waals surface area contributed by atoms with E-state index in [0.717, 1.165) is 9.50 Å². The van der Waals surface area contributed by atoms with Crippen LogP contribution in [-0.2, 0) is 0 Å². The van der Waals surface area contributed by atoms with Crippen molar-refractivity contribution < 1.29 is 0 Å². The zero-order valence-electron chi connectivity index (χ0n) is 14.5. The van der Waals surface area contributed by atoms with Crippen LogP contribution in [0.2, 0.25) is 5.02 Å². The molecule has 0 radical (unpaired) electrons. The molecule has 0 atom stereocenters. The van der Waals surface area contributed by atoms with Gasteiger partial charge >= 0.3 is 0 Å². The quantitative estimate of drug-likeness (QED) is 0.220. The minimum absolute atomic E-state index is 0.825. The van der Waals surface area contributed by atoms with Crippen LogP contribution in [0.3, 0.4) is 0 Å². The van der Waals surface area contributed by atoms with Crippen LogP contribution >= 0.6 is 50.2 Å². The van der Waals surface area contributed by atoms with Crippen LogP contribution in [0, 0.1) is 0 Å². The Balaban J connectivity index is 1.68. The Kier molecular flexibility index (Phi) is 3.82. The third kappa shape index (κ3) is 2.47. The molecule has 0 amide bonds. The summed E-state index contributed by atoms with van der Waals surface area (Å²) in [6, 6.07) is 26.1. The molecule has 0 fully saturated rings. The van der Waals surface area contributed by atoms with Crippen molar-refractivity contribution >= 4 is 90.5 Å². The summed E-state index contributed by atoms with van der Waals surface area (Å²) in [5.74, 6) is 0. The number of fused-ring (bicyclic) bond motifs is 6. The molecule has 0 unspecified atom stereocenters. The molecule has 0 N–H and O–H groups in total. The number of thiophene rings is 2. The molecule has 0 aliphatic heterocycles. The van der Waals surface area contributed by atoms with Gasteiger partial charge < -0.3 is 0 Å². The van der Waals surface area contributed by atoms with E-state index < -0.39 is 0 Å². The first-order chi connectivity index (χ1) is 13.7. The van der Waals surface area contributed by atoms with Gasteiger partial charge in [0.15, 0.2) is 0 Å². The highest BCUT2D eigenvalue weighted by atomic mass is 79.9. The van der Waals surface area contributed by atoms with E-state index in [0.29, 0.717) is 0 Å². The summed E-state index contributed by atoms with van der Waals surface area (Å²) in [6.45, 7) is 0. The third-order valence-corrected chi connectivity index (χ3v) is 8.38. The number of rotatable bonds is 1. The largest absolute Gasteiger partial charge is 0.135 e. The van der Waals surface area contributed by atoms with Gasteiger partial charge in [-0.2, -0.15) is 0 Å². The van der Waals surface area contributed by atoms with E-state index in [2.05, 4.69) is 76.6 Å². The Morgan fingerprint density at radius 1 is 0.679 bits per heavy atom. The Morgan fingerprint density at radius 2 is 1.50 bits per heavy atom. The summed E-state index contributed by atoms with van der Waals surface area (Å²) in [5, 5.41) is 5.85. The van der Waals surface area contributed by atoms with E-state index in [-0.39, 0.29) is 0 Å². The average Bonchev–Trinajstić information content (AvgIpc) is 3.26. The highest BCUT2D eigenvalue weighted by Gasteiger charge is 2.13. The van der Waals surface area contributed by atoms with Crippen molar-refractivity contribution in [3.05, 3.63) is 82.3 Å². The van der Waals surface area contributed by atoms with Gasteiger partial charge in [0.05, 0.1) is 0 Å². The molecule has 4 heteroatoms. The summed E-state index contributed by atoms with van der Waals surface area (Å²) in [4.78, 5) is 0. The standard InChI is InChI=1S/C24H12BrClS2/c25-14-8-10-20-17(12-14)16-4-1-3-15(24(16)28-20)13-7-9-21-18(11-13)23-19(26)5-2-6-22(23)27-21/h1-12H. The topological polar surface area (TPSA) is 0 Å². The van der Waals surface area contributed by atoms with E-state index in [4.69, 9.17) is 11.6 Å². The number of halogens is 2. The van der Waals surface area contributed by atoms with Crippen LogP contribution in [0.1, 0.15) is 0 Å². The fourth-order valence-electron chi connectivity index (χ4n) is 3.95. The van der Waals surface area contributed by atoms with Gasteiger partial charge in [-0.05, 0) is 53.6 Å². The van der Waals surface area contributed by atoms with Gasteiger partial charge in [-0.25, -0.2) is 0 Å². The third-order valence-electron chi connectivity index (χ3n) is 5.21. The zero-order valence-corrected chi connectivity index (χ0v) is 18.5. The number of benzene rings is 4. The first kappa shape index (κ1) is 17.0. The Hall–Kier alpha value is -1.91. The minimum atomic E-state index is 0.825. The molecule has 0 saturated heterocycles. The molecule has 0 bridgehead atoms. The summed E-state index contributed by atoms with van der Waals surface area (Å²) >= 11 is 13.8. The summed E-state index contributed by atoms with van der Waals surface area (Å²) in [7, 11) is 0. The van der Waals surface area contributed by atoms with Gasteiger partial charge in [0, 0.05) is 49.8 Å². The molecule has 0 nitrogen and oxygen atoms in total. The first-order valence-corrected chi connectivity index (χ1v) is 11.7. The highest BCUT2D eigenvalue weighted by molar-refractivity contribution is 9.10. The monoisotopic (exact) mass is 478 g/mol. The molecule has 0 saturated carbocycles. The summed E-state index contributed by atoms with van der Waals surface area (Å²) < 4.78 is 6.28. The lowest BCUT2D eigenvalue weighted by Gasteiger charge is -2.05. The predicted molar refractivity (Wildman–Crippen MR) is 130 cm³/mol. The SMILES string of the molecule is Clc1cccc2sc3ccc(-c4cccc5c4sc4ccc(Br)cc45)cc3c12. The maximum Gasteiger partial charge on any atom is 0.0499 e. The molecule has 0 spiro atoms. The van der Waals surface area contributed by atoms with Gasteiger partial charge in [0.1, 0.15) is 0 Å². The lowest BCUT2D eigenvalue weighted by atomic mass is 10.0. The van der Waals surface area contributed by atoms with Crippen LogP contribution in [0.25, 0.3) is 51.5 Å². The van der Waals surface area contributed by atoms with Crippen LogP contribution in [0.5, 0.6) is 0 Å². The normalized spacial score (nSPS) is 11.9. The van der Waals surface area contributed by atoms with E-state index in [1.807, 2.05) is 23.5 Å². The van der Waals surface area contributed by atoms with Crippen LogP contribution in [0.4, 0.5) is 0 Å². The lowest BCUT2D eigenvalue weighted by molar-refractivity contribution is 1.74. The molecule has 2 aromatic heterocycles. The van der Waals surface area contributed by atoms with Crippen LogP contribution < -0.4 is 0 Å². The molecule has 28 heavy (non-hydrogen) atoms. The smallest absolute Gasteiger partial charge is 0.0499 e. The van der Waals surface area contributed by atoms with Crippen molar-refractivity contribution in [2.75, 3.05) is 0 Å². The molecular weight excluding hydrogens is 468 g/mol. The van der Waals surface area contributed by atoms with E-state index in [9.17, 15) is 0 Å². The fourth-order valence-corrected chi connectivity index (χ4v) is 6.97. The van der Waals surface area contributed by atoms with Crippen LogP contribution in [0.15, 0.2) is 77.3 Å². The lowest BCUT2D eigenvalue weighted by Crippen LogP contribution is -1.78. The maximum atomic E-state index is 6.54. The molecule has 6 rings (SSSR count). The fraction of sp³-hybridized carbons (Fsp3) is 0. The zero-order chi connectivity index (χ0) is 18.8. The maximum absolute atomic E-state index is 6.54. The highest BCUT2D eigenvalue weighted by Crippen LogP contribution is 2.43. The summed E-state index contributed by atoms with van der Waals surface area (Å²) in [5.41, 5.74) is 2.52. The van der Waals surface area contributed by atoms with Crippen molar-refractivity contribution in [2.24, 2.45) is 0 Å². The predicted octanol–water partition coefficient (Wildman–Crippen LogP) is 9.51. The minimum Gasteiger partial charge on any atom is -0.135 e. The van der Waals surface area contributed by atoms with Crippen molar-refractivity contribution in [1.82, 2.24) is 0 Å². The summed E-state index contributed by atoms with van der Waals surface area (Å²) in [6.07, 6.45) is 0. The first-order valence-electron chi connectivity index (χ1n) is 8.91. The second-order valence-electron chi connectivity index (χ2n) is 6.85. The molecule has 4 aromatic carbocycles. The van der Waals surface area contributed by atoms with Crippen molar-refractivity contribution in [3.63, 3.8) is 0 Å². The molecular formula is C24H12BrClS2. The second kappa shape index (κ2) is 6.30. The van der Waals surface area contributed by atoms with Gasteiger partial charge in [0.2, 0.25) is 0 Å². The molecule has 134 valence electrons. The molecule has 0 aliphatic rings. The van der Waals surface area contributed by atoms with Crippen molar-refractivity contribution in [2.45, 2.75) is 0 Å². The van der Waals surface area contributed by atoms with Gasteiger partial charge in [-0.1, -0.05) is 57.9 Å². The molecule has 0 aliphatic carbocycles. The van der Waals surface area contributed by atoms with E-state index in [1.54, 1.807) is 11.3 Å². The van der Waals surface area contributed by atoms with Crippen molar-refractivity contribution in [3.8, 4) is 11.1 Å².